The molecule has 0 unspecified atom stereocenters. The third-order valence-electron chi connectivity index (χ3n) is 3.28. The summed E-state index contributed by atoms with van der Waals surface area (Å²) in [6.45, 7) is 3.51. The molecular formula is C16H19BrN2O2. The second-order valence-corrected chi connectivity index (χ2v) is 5.52. The number of methoxy groups -OCH3 is 2. The van der Waals surface area contributed by atoms with Gasteiger partial charge in [-0.2, -0.15) is 0 Å². The number of benzene rings is 1. The SMILES string of the molecule is COc1cc(Br)c(CNCc2ncccc2C)cc1OC. The normalized spacial score (nSPS) is 10.5. The minimum absolute atomic E-state index is 0.716. The molecule has 0 aliphatic carbocycles. The van der Waals surface area contributed by atoms with Gasteiger partial charge in [-0.25, -0.2) is 0 Å². The van der Waals surface area contributed by atoms with Crippen molar-refractivity contribution in [1.82, 2.24) is 10.3 Å². The number of aromatic nitrogens is 1. The average Bonchev–Trinajstić information content (AvgIpc) is 2.50. The molecule has 0 fully saturated rings. The topological polar surface area (TPSA) is 43.4 Å². The lowest BCUT2D eigenvalue weighted by atomic mass is 10.2. The van der Waals surface area contributed by atoms with Crippen LogP contribution in [0, 0.1) is 6.92 Å². The summed E-state index contributed by atoms with van der Waals surface area (Å²) in [5, 5.41) is 3.40. The van der Waals surface area contributed by atoms with E-state index in [0.29, 0.717) is 5.75 Å². The molecule has 112 valence electrons. The smallest absolute Gasteiger partial charge is 0.161 e. The van der Waals surface area contributed by atoms with Crippen LogP contribution >= 0.6 is 15.9 Å². The van der Waals surface area contributed by atoms with Gasteiger partial charge in [0.25, 0.3) is 0 Å². The van der Waals surface area contributed by atoms with Crippen molar-refractivity contribution in [3.63, 3.8) is 0 Å². The van der Waals surface area contributed by atoms with Crippen molar-refractivity contribution in [2.75, 3.05) is 14.2 Å². The molecule has 0 saturated heterocycles. The van der Waals surface area contributed by atoms with Gasteiger partial charge in [-0.05, 0) is 36.2 Å². The highest BCUT2D eigenvalue weighted by atomic mass is 79.9. The molecule has 4 nitrogen and oxygen atoms in total. The Labute approximate surface area is 133 Å². The predicted octanol–water partition coefficient (Wildman–Crippen LogP) is 3.46. The first kappa shape index (κ1) is 15.8. The molecule has 0 aliphatic heterocycles. The van der Waals surface area contributed by atoms with E-state index < -0.39 is 0 Å². The maximum absolute atomic E-state index is 5.33. The van der Waals surface area contributed by atoms with Gasteiger partial charge in [-0.1, -0.05) is 22.0 Å². The highest BCUT2D eigenvalue weighted by molar-refractivity contribution is 9.10. The number of hydrogen-bond donors (Lipinski definition) is 1. The van der Waals surface area contributed by atoms with Crippen LogP contribution in [0.1, 0.15) is 16.8 Å². The third kappa shape index (κ3) is 3.95. The van der Waals surface area contributed by atoms with Crippen LogP contribution in [0.5, 0.6) is 11.5 Å². The molecule has 2 rings (SSSR count). The Balaban J connectivity index is 2.05. The number of hydrogen-bond acceptors (Lipinski definition) is 4. The van der Waals surface area contributed by atoms with Gasteiger partial charge in [-0.3, -0.25) is 4.98 Å². The number of nitrogens with zero attached hydrogens (tertiary/aromatic N) is 1. The quantitative estimate of drug-likeness (QED) is 0.866. The van der Waals surface area contributed by atoms with Gasteiger partial charge in [0.2, 0.25) is 0 Å². The summed E-state index contributed by atoms with van der Waals surface area (Å²) in [5.41, 5.74) is 3.37. The number of rotatable bonds is 6. The van der Waals surface area contributed by atoms with E-state index in [4.69, 9.17) is 9.47 Å². The molecule has 1 aromatic heterocycles. The zero-order valence-electron chi connectivity index (χ0n) is 12.4. The lowest BCUT2D eigenvalue weighted by molar-refractivity contribution is 0.354. The van der Waals surface area contributed by atoms with Crippen molar-refractivity contribution in [3.8, 4) is 11.5 Å². The Morgan fingerprint density at radius 2 is 1.86 bits per heavy atom. The fraction of sp³-hybridized carbons (Fsp3) is 0.312. The second kappa shape index (κ2) is 7.43. The zero-order valence-corrected chi connectivity index (χ0v) is 14.0. The summed E-state index contributed by atoms with van der Waals surface area (Å²) < 4.78 is 11.6. The van der Waals surface area contributed by atoms with E-state index in [1.54, 1.807) is 14.2 Å². The largest absolute Gasteiger partial charge is 0.493 e. The van der Waals surface area contributed by atoms with Crippen LogP contribution in [0.2, 0.25) is 0 Å². The fourth-order valence-corrected chi connectivity index (χ4v) is 2.51. The van der Waals surface area contributed by atoms with E-state index in [-0.39, 0.29) is 0 Å². The molecule has 5 heteroatoms. The van der Waals surface area contributed by atoms with Gasteiger partial charge >= 0.3 is 0 Å². The zero-order chi connectivity index (χ0) is 15.2. The summed E-state index contributed by atoms with van der Waals surface area (Å²) in [7, 11) is 3.27. The van der Waals surface area contributed by atoms with E-state index in [0.717, 1.165) is 34.6 Å². The van der Waals surface area contributed by atoms with Crippen molar-refractivity contribution in [2.24, 2.45) is 0 Å². The van der Waals surface area contributed by atoms with E-state index in [1.165, 1.54) is 5.56 Å². The van der Waals surface area contributed by atoms with Gasteiger partial charge in [0, 0.05) is 23.8 Å². The minimum atomic E-state index is 0.716. The predicted molar refractivity (Wildman–Crippen MR) is 86.8 cm³/mol. The Morgan fingerprint density at radius 3 is 2.52 bits per heavy atom. The van der Waals surface area contributed by atoms with E-state index in [9.17, 15) is 0 Å². The van der Waals surface area contributed by atoms with Crippen molar-refractivity contribution < 1.29 is 9.47 Å². The van der Waals surface area contributed by atoms with Crippen LogP contribution in [0.25, 0.3) is 0 Å². The van der Waals surface area contributed by atoms with Crippen LogP contribution in [-0.4, -0.2) is 19.2 Å². The van der Waals surface area contributed by atoms with Crippen LogP contribution in [0.3, 0.4) is 0 Å². The van der Waals surface area contributed by atoms with Crippen molar-refractivity contribution >= 4 is 15.9 Å². The molecular weight excluding hydrogens is 332 g/mol. The highest BCUT2D eigenvalue weighted by Crippen LogP contribution is 2.33. The molecule has 0 amide bonds. The Bertz CT molecular complexity index is 617. The highest BCUT2D eigenvalue weighted by Gasteiger charge is 2.09. The van der Waals surface area contributed by atoms with E-state index >= 15 is 0 Å². The van der Waals surface area contributed by atoms with Crippen molar-refractivity contribution in [1.29, 1.82) is 0 Å². The molecule has 0 saturated carbocycles. The number of pyridine rings is 1. The minimum Gasteiger partial charge on any atom is -0.493 e. The van der Waals surface area contributed by atoms with Crippen molar-refractivity contribution in [3.05, 3.63) is 51.8 Å². The lowest BCUT2D eigenvalue weighted by Gasteiger charge is -2.13. The summed E-state index contributed by atoms with van der Waals surface area (Å²) in [6.07, 6.45) is 1.82. The number of ether oxygens (including phenoxy) is 2. The van der Waals surface area contributed by atoms with Crippen LogP contribution in [0.15, 0.2) is 34.9 Å². The Kier molecular flexibility index (Phi) is 5.59. The maximum atomic E-state index is 5.33. The first-order valence-electron chi connectivity index (χ1n) is 6.67. The van der Waals surface area contributed by atoms with Crippen LogP contribution < -0.4 is 14.8 Å². The van der Waals surface area contributed by atoms with Gasteiger partial charge in [0.1, 0.15) is 0 Å². The number of aryl methyl sites for hydroxylation is 1. The summed E-state index contributed by atoms with van der Waals surface area (Å²) in [4.78, 5) is 4.37. The second-order valence-electron chi connectivity index (χ2n) is 4.67. The average molecular weight is 351 g/mol. The summed E-state index contributed by atoms with van der Waals surface area (Å²) in [5.74, 6) is 1.44. The maximum Gasteiger partial charge on any atom is 0.161 e. The third-order valence-corrected chi connectivity index (χ3v) is 4.02. The monoisotopic (exact) mass is 350 g/mol. The van der Waals surface area contributed by atoms with Gasteiger partial charge in [-0.15, -0.1) is 0 Å². The van der Waals surface area contributed by atoms with Crippen molar-refractivity contribution in [2.45, 2.75) is 20.0 Å². The first-order chi connectivity index (χ1) is 10.2. The van der Waals surface area contributed by atoms with Crippen LogP contribution in [0.4, 0.5) is 0 Å². The van der Waals surface area contributed by atoms with E-state index in [1.807, 2.05) is 24.4 Å². The summed E-state index contributed by atoms with van der Waals surface area (Å²) in [6, 6.07) is 7.91. The molecule has 2 aromatic rings. The van der Waals surface area contributed by atoms with Crippen LogP contribution in [-0.2, 0) is 13.1 Å². The molecule has 0 bridgehead atoms. The molecule has 1 heterocycles. The van der Waals surface area contributed by atoms with Gasteiger partial charge in [0.15, 0.2) is 11.5 Å². The first-order valence-corrected chi connectivity index (χ1v) is 7.46. The molecule has 0 atom stereocenters. The lowest BCUT2D eigenvalue weighted by Crippen LogP contribution is -2.15. The van der Waals surface area contributed by atoms with Gasteiger partial charge in [0.05, 0.1) is 19.9 Å². The summed E-state index contributed by atoms with van der Waals surface area (Å²) >= 11 is 3.56. The molecule has 21 heavy (non-hydrogen) atoms. The standard InChI is InChI=1S/C16H19BrN2O2/c1-11-5-4-6-19-14(11)10-18-9-12-7-15(20-2)16(21-3)8-13(12)17/h4-8,18H,9-10H2,1-3H3. The molecule has 0 aliphatic rings. The fourth-order valence-electron chi connectivity index (χ4n) is 2.05. The molecule has 1 N–H and O–H groups in total. The van der Waals surface area contributed by atoms with E-state index in [2.05, 4.69) is 39.2 Å². The molecule has 1 aromatic carbocycles. The van der Waals surface area contributed by atoms with Gasteiger partial charge < -0.3 is 14.8 Å². The Hall–Kier alpha value is -1.59. The number of halogens is 1. The Morgan fingerprint density at radius 1 is 1.14 bits per heavy atom. The molecule has 0 spiro atoms. The molecule has 0 radical (unpaired) electrons. The number of nitrogens with one attached hydrogen (secondary N) is 1.